The predicted octanol–water partition coefficient (Wildman–Crippen LogP) is 3.58. The number of halogens is 2. The van der Waals surface area contributed by atoms with Crippen LogP contribution in [-0.4, -0.2) is 19.2 Å². The minimum absolute atomic E-state index is 0.0448. The van der Waals surface area contributed by atoms with Crippen molar-refractivity contribution < 1.29 is 8.78 Å². The van der Waals surface area contributed by atoms with Crippen molar-refractivity contribution in [2.24, 2.45) is 0 Å². The van der Waals surface area contributed by atoms with Crippen LogP contribution >= 0.6 is 0 Å². The average molecular weight is 381 g/mol. The molecule has 0 unspecified atom stereocenters. The Hall–Kier alpha value is -3.55. The number of aryl methyl sites for hydroxylation is 2. The summed E-state index contributed by atoms with van der Waals surface area (Å²) in [4.78, 5) is 17.3. The molecule has 0 atom stereocenters. The van der Waals surface area contributed by atoms with E-state index in [1.807, 2.05) is 31.2 Å². The van der Waals surface area contributed by atoms with Gasteiger partial charge in [-0.25, -0.2) is 27.6 Å². The van der Waals surface area contributed by atoms with Gasteiger partial charge in [0.05, 0.1) is 6.54 Å². The van der Waals surface area contributed by atoms with E-state index >= 15 is 0 Å². The van der Waals surface area contributed by atoms with Crippen LogP contribution in [0.15, 0.2) is 53.3 Å². The molecule has 2 aromatic heterocycles. The summed E-state index contributed by atoms with van der Waals surface area (Å²) in [5.74, 6) is -0.873. The summed E-state index contributed by atoms with van der Waals surface area (Å²) in [5, 5.41) is 7.39. The van der Waals surface area contributed by atoms with E-state index in [1.165, 1.54) is 4.40 Å². The van der Waals surface area contributed by atoms with Gasteiger partial charge in [0.2, 0.25) is 5.95 Å². The van der Waals surface area contributed by atoms with Crippen LogP contribution in [0.4, 0.5) is 20.4 Å². The zero-order valence-electron chi connectivity index (χ0n) is 15.3. The van der Waals surface area contributed by atoms with Gasteiger partial charge in [-0.1, -0.05) is 12.1 Å². The lowest BCUT2D eigenvalue weighted by atomic mass is 10.2. The van der Waals surface area contributed by atoms with Gasteiger partial charge < -0.3 is 5.32 Å². The Bertz CT molecular complexity index is 1250. The zero-order chi connectivity index (χ0) is 19.8. The molecule has 142 valence electrons. The zero-order valence-corrected chi connectivity index (χ0v) is 15.3. The molecule has 8 heteroatoms. The molecule has 4 aromatic rings. The first-order valence-corrected chi connectivity index (χ1v) is 8.65. The lowest BCUT2D eigenvalue weighted by Crippen LogP contribution is -2.24. The maximum atomic E-state index is 14.0. The Morgan fingerprint density at radius 2 is 1.89 bits per heavy atom. The normalized spacial score (nSPS) is 11.1. The highest BCUT2D eigenvalue weighted by molar-refractivity contribution is 5.57. The quantitative estimate of drug-likeness (QED) is 0.587. The van der Waals surface area contributed by atoms with Gasteiger partial charge in [-0.3, -0.25) is 0 Å². The number of aromatic nitrogens is 4. The van der Waals surface area contributed by atoms with Crippen LogP contribution in [-0.2, 0) is 6.54 Å². The minimum Gasteiger partial charge on any atom is -0.325 e. The first-order valence-electron chi connectivity index (χ1n) is 8.65. The van der Waals surface area contributed by atoms with Crippen molar-refractivity contribution in [3.05, 3.63) is 87.5 Å². The lowest BCUT2D eigenvalue weighted by Gasteiger charge is -2.08. The van der Waals surface area contributed by atoms with Gasteiger partial charge in [0, 0.05) is 23.0 Å². The molecular weight excluding hydrogens is 364 g/mol. The molecule has 0 amide bonds. The third-order valence-corrected chi connectivity index (χ3v) is 4.30. The summed E-state index contributed by atoms with van der Waals surface area (Å²) in [6, 6.07) is 12.4. The fraction of sp³-hybridized carbons (Fsp3) is 0.150. The number of benzene rings is 2. The van der Waals surface area contributed by atoms with E-state index in [-0.39, 0.29) is 12.1 Å². The van der Waals surface area contributed by atoms with Crippen LogP contribution in [0.3, 0.4) is 0 Å². The third-order valence-electron chi connectivity index (χ3n) is 4.30. The van der Waals surface area contributed by atoms with Gasteiger partial charge in [0.1, 0.15) is 11.6 Å². The van der Waals surface area contributed by atoms with E-state index in [4.69, 9.17) is 0 Å². The van der Waals surface area contributed by atoms with Gasteiger partial charge in [0.25, 0.3) is 0 Å². The molecule has 6 nitrogen and oxygen atoms in total. The molecule has 0 bridgehead atoms. The summed E-state index contributed by atoms with van der Waals surface area (Å²) >= 11 is 0. The predicted molar refractivity (Wildman–Crippen MR) is 102 cm³/mol. The first kappa shape index (κ1) is 17.8. The van der Waals surface area contributed by atoms with E-state index in [0.29, 0.717) is 17.3 Å². The third kappa shape index (κ3) is 3.36. The fourth-order valence-corrected chi connectivity index (χ4v) is 3.02. The number of anilines is 2. The average Bonchev–Trinajstić information content (AvgIpc) is 2.93. The van der Waals surface area contributed by atoms with Gasteiger partial charge in [-0.15, -0.1) is 5.10 Å². The number of nitrogens with one attached hydrogen (secondary N) is 1. The summed E-state index contributed by atoms with van der Waals surface area (Å²) in [7, 11) is 0. The van der Waals surface area contributed by atoms with Crippen molar-refractivity contribution in [2.75, 3.05) is 5.32 Å². The molecule has 0 saturated carbocycles. The highest BCUT2D eigenvalue weighted by Crippen LogP contribution is 2.17. The van der Waals surface area contributed by atoms with E-state index < -0.39 is 17.3 Å². The van der Waals surface area contributed by atoms with Crippen molar-refractivity contribution in [2.45, 2.75) is 20.4 Å². The second kappa shape index (κ2) is 6.88. The van der Waals surface area contributed by atoms with E-state index in [0.717, 1.165) is 34.1 Å². The maximum absolute atomic E-state index is 14.0. The SMILES string of the molecule is Cc1cccc(Nc2nc(C)cc3nn(Cc4cc(F)ccc4F)c(=O)n23)c1. The van der Waals surface area contributed by atoms with Crippen molar-refractivity contribution in [3.63, 3.8) is 0 Å². The molecule has 28 heavy (non-hydrogen) atoms. The van der Waals surface area contributed by atoms with E-state index in [1.54, 1.807) is 13.0 Å². The molecule has 2 heterocycles. The molecule has 0 fully saturated rings. The second-order valence-corrected chi connectivity index (χ2v) is 6.59. The van der Waals surface area contributed by atoms with Crippen molar-refractivity contribution >= 4 is 17.3 Å². The Labute approximate surface area is 159 Å². The molecule has 0 saturated heterocycles. The standard InChI is InChI=1S/C20H17F2N5O/c1-12-4-3-5-16(8-12)24-19-23-13(2)9-18-25-26(20(28)27(18)19)11-14-10-15(21)6-7-17(14)22/h3-10H,11H2,1-2H3,(H,23,24). The van der Waals surface area contributed by atoms with Crippen LogP contribution in [0.2, 0.25) is 0 Å². The molecule has 0 aliphatic carbocycles. The molecule has 0 radical (unpaired) electrons. The largest absolute Gasteiger partial charge is 0.353 e. The maximum Gasteiger partial charge on any atom is 0.353 e. The van der Waals surface area contributed by atoms with Crippen LogP contribution in [0.1, 0.15) is 16.8 Å². The van der Waals surface area contributed by atoms with Crippen molar-refractivity contribution in [1.29, 1.82) is 0 Å². The van der Waals surface area contributed by atoms with Gasteiger partial charge in [0.15, 0.2) is 5.65 Å². The van der Waals surface area contributed by atoms with Crippen LogP contribution < -0.4 is 11.0 Å². The summed E-state index contributed by atoms with van der Waals surface area (Å²) in [5.41, 5.74) is 2.40. The highest BCUT2D eigenvalue weighted by atomic mass is 19.1. The lowest BCUT2D eigenvalue weighted by molar-refractivity contribution is 0.561. The number of fused-ring (bicyclic) bond motifs is 1. The Morgan fingerprint density at radius 3 is 2.68 bits per heavy atom. The van der Waals surface area contributed by atoms with Crippen LogP contribution in [0, 0.1) is 25.5 Å². The molecule has 2 aromatic carbocycles. The van der Waals surface area contributed by atoms with Crippen LogP contribution in [0.5, 0.6) is 0 Å². The highest BCUT2D eigenvalue weighted by Gasteiger charge is 2.15. The van der Waals surface area contributed by atoms with Gasteiger partial charge in [-0.2, -0.15) is 0 Å². The van der Waals surface area contributed by atoms with Crippen molar-refractivity contribution in [1.82, 2.24) is 19.2 Å². The Morgan fingerprint density at radius 1 is 1.07 bits per heavy atom. The van der Waals surface area contributed by atoms with Crippen molar-refractivity contribution in [3.8, 4) is 0 Å². The second-order valence-electron chi connectivity index (χ2n) is 6.59. The Balaban J connectivity index is 1.80. The minimum atomic E-state index is -0.599. The Kier molecular flexibility index (Phi) is 4.38. The molecule has 0 aliphatic heterocycles. The van der Waals surface area contributed by atoms with E-state index in [2.05, 4.69) is 15.4 Å². The summed E-state index contributed by atoms with van der Waals surface area (Å²) in [6.45, 7) is 3.56. The molecule has 4 rings (SSSR count). The topological polar surface area (TPSA) is 64.2 Å². The fourth-order valence-electron chi connectivity index (χ4n) is 3.02. The summed E-state index contributed by atoms with van der Waals surface area (Å²) < 4.78 is 29.8. The molecule has 1 N–H and O–H groups in total. The number of hydrogen-bond acceptors (Lipinski definition) is 4. The summed E-state index contributed by atoms with van der Waals surface area (Å²) in [6.07, 6.45) is 0. The molecular formula is C20H17F2N5O. The monoisotopic (exact) mass is 381 g/mol. The smallest absolute Gasteiger partial charge is 0.325 e. The molecule has 0 aliphatic rings. The first-order chi connectivity index (χ1) is 13.4. The van der Waals surface area contributed by atoms with Crippen LogP contribution in [0.25, 0.3) is 5.65 Å². The number of rotatable bonds is 4. The molecule has 0 spiro atoms. The van der Waals surface area contributed by atoms with E-state index in [9.17, 15) is 13.6 Å². The number of nitrogens with zero attached hydrogens (tertiary/aromatic N) is 4. The van der Waals surface area contributed by atoms with Gasteiger partial charge >= 0.3 is 5.69 Å². The van der Waals surface area contributed by atoms with Gasteiger partial charge in [-0.05, 0) is 49.7 Å². The number of hydrogen-bond donors (Lipinski definition) is 1.